The smallest absolute Gasteiger partial charge is 0.320 e. The van der Waals surface area contributed by atoms with Gasteiger partial charge in [-0.15, -0.1) is 0 Å². The van der Waals surface area contributed by atoms with Crippen LogP contribution in [0.1, 0.15) is 5.56 Å². The summed E-state index contributed by atoms with van der Waals surface area (Å²) in [6.45, 7) is -0.395. The number of aliphatic carboxylic acids is 1. The molecule has 1 atom stereocenters. The Balaban J connectivity index is 2.65. The van der Waals surface area contributed by atoms with Crippen molar-refractivity contribution in [3.63, 3.8) is 0 Å². The molecule has 0 unspecified atom stereocenters. The van der Waals surface area contributed by atoms with Crippen LogP contribution in [-0.4, -0.2) is 43.0 Å². The van der Waals surface area contributed by atoms with Crippen molar-refractivity contribution >= 4 is 16.0 Å². The number of nitrogens with one attached hydrogen (secondary N) is 1. The fourth-order valence-corrected chi connectivity index (χ4v) is 2.57. The second-order valence-corrected chi connectivity index (χ2v) is 5.59. The van der Waals surface area contributed by atoms with E-state index in [1.807, 2.05) is 6.07 Å². The minimum atomic E-state index is -3.92. The van der Waals surface area contributed by atoms with E-state index in [1.165, 1.54) is 0 Å². The fourth-order valence-electron chi connectivity index (χ4n) is 1.50. The highest BCUT2D eigenvalue weighted by Gasteiger charge is 2.20. The van der Waals surface area contributed by atoms with E-state index in [9.17, 15) is 13.2 Å². The Morgan fingerprint density at radius 2 is 1.89 bits per heavy atom. The summed E-state index contributed by atoms with van der Waals surface area (Å²) in [7, 11) is -3.92. The number of carboxylic acid groups (broad SMARTS) is 1. The molecule has 0 aliphatic carbocycles. The zero-order valence-corrected chi connectivity index (χ0v) is 10.4. The van der Waals surface area contributed by atoms with Gasteiger partial charge in [0.15, 0.2) is 5.75 Å². The molecule has 0 aromatic heterocycles. The first-order chi connectivity index (χ1) is 8.43. The first kappa shape index (κ1) is 14.6. The molecule has 1 rings (SSSR count). The lowest BCUT2D eigenvalue weighted by Crippen LogP contribution is -2.41. The maximum Gasteiger partial charge on any atom is 0.320 e. The molecule has 1 aromatic rings. The van der Waals surface area contributed by atoms with Gasteiger partial charge in [0.25, 0.3) is 0 Å². The van der Waals surface area contributed by atoms with Gasteiger partial charge in [0, 0.05) is 6.04 Å². The van der Waals surface area contributed by atoms with Gasteiger partial charge in [0.2, 0.25) is 10.0 Å². The Bertz CT molecular complexity index is 485. The van der Waals surface area contributed by atoms with Gasteiger partial charge in [-0.1, -0.05) is 30.3 Å². The molecule has 0 aliphatic rings. The van der Waals surface area contributed by atoms with Crippen molar-refractivity contribution < 1.29 is 23.4 Å². The highest BCUT2D eigenvalue weighted by Crippen LogP contribution is 2.04. The SMILES string of the molecule is O=C(O)CS(=O)(=O)N[C@H](CO)Cc1ccccc1. The quantitative estimate of drug-likeness (QED) is 0.627. The van der Waals surface area contributed by atoms with E-state index in [2.05, 4.69) is 4.72 Å². The summed E-state index contributed by atoms with van der Waals surface area (Å²) >= 11 is 0. The molecular formula is C11H15NO5S. The molecule has 0 heterocycles. The summed E-state index contributed by atoms with van der Waals surface area (Å²) in [6.07, 6.45) is 0.302. The number of hydrogen-bond donors (Lipinski definition) is 3. The molecule has 0 amide bonds. The predicted octanol–water partition coefficient (Wildman–Crippen LogP) is -0.406. The van der Waals surface area contributed by atoms with Crippen molar-refractivity contribution in [2.75, 3.05) is 12.4 Å². The van der Waals surface area contributed by atoms with Crippen molar-refractivity contribution in [3.05, 3.63) is 35.9 Å². The van der Waals surface area contributed by atoms with Gasteiger partial charge in [-0.2, -0.15) is 0 Å². The Morgan fingerprint density at radius 1 is 1.28 bits per heavy atom. The van der Waals surface area contributed by atoms with E-state index in [4.69, 9.17) is 10.2 Å². The summed E-state index contributed by atoms with van der Waals surface area (Å²) in [5.41, 5.74) is 0.856. The van der Waals surface area contributed by atoms with Crippen molar-refractivity contribution in [2.45, 2.75) is 12.5 Å². The zero-order valence-electron chi connectivity index (χ0n) is 9.61. The number of rotatable bonds is 7. The van der Waals surface area contributed by atoms with Crippen molar-refractivity contribution in [2.24, 2.45) is 0 Å². The maximum absolute atomic E-state index is 11.4. The largest absolute Gasteiger partial charge is 0.480 e. The molecule has 0 spiro atoms. The van der Waals surface area contributed by atoms with Gasteiger partial charge in [0.1, 0.15) is 0 Å². The van der Waals surface area contributed by atoms with Crippen LogP contribution in [-0.2, 0) is 21.2 Å². The van der Waals surface area contributed by atoms with E-state index in [1.54, 1.807) is 24.3 Å². The van der Waals surface area contributed by atoms with E-state index in [0.717, 1.165) is 5.56 Å². The summed E-state index contributed by atoms with van der Waals surface area (Å²) in [4.78, 5) is 10.4. The third-order valence-electron chi connectivity index (χ3n) is 2.21. The van der Waals surface area contributed by atoms with E-state index >= 15 is 0 Å². The highest BCUT2D eigenvalue weighted by atomic mass is 32.2. The Labute approximate surface area is 105 Å². The van der Waals surface area contributed by atoms with Gasteiger partial charge < -0.3 is 10.2 Å². The van der Waals surface area contributed by atoms with Crippen LogP contribution < -0.4 is 4.72 Å². The van der Waals surface area contributed by atoms with Gasteiger partial charge in [-0.25, -0.2) is 13.1 Å². The third-order valence-corrected chi connectivity index (χ3v) is 3.52. The van der Waals surface area contributed by atoms with Crippen molar-refractivity contribution in [1.82, 2.24) is 4.72 Å². The van der Waals surface area contributed by atoms with E-state index in [0.29, 0.717) is 6.42 Å². The van der Waals surface area contributed by atoms with Gasteiger partial charge in [0.05, 0.1) is 6.61 Å². The highest BCUT2D eigenvalue weighted by molar-refractivity contribution is 7.90. The number of carbonyl (C=O) groups is 1. The van der Waals surface area contributed by atoms with Crippen molar-refractivity contribution in [3.8, 4) is 0 Å². The van der Waals surface area contributed by atoms with Crippen LogP contribution in [0.3, 0.4) is 0 Å². The summed E-state index contributed by atoms with van der Waals surface area (Å²) < 4.78 is 25.0. The number of aliphatic hydroxyl groups is 1. The first-order valence-corrected chi connectivity index (χ1v) is 6.95. The molecule has 1 aromatic carbocycles. The van der Waals surface area contributed by atoms with Crippen LogP contribution in [0.5, 0.6) is 0 Å². The number of hydrogen-bond acceptors (Lipinski definition) is 4. The average Bonchev–Trinajstić information content (AvgIpc) is 2.27. The normalized spacial score (nSPS) is 13.2. The van der Waals surface area contributed by atoms with E-state index < -0.39 is 34.4 Å². The number of aliphatic hydroxyl groups excluding tert-OH is 1. The van der Waals surface area contributed by atoms with Crippen LogP contribution >= 0.6 is 0 Å². The molecule has 0 saturated heterocycles. The third kappa shape index (κ3) is 5.26. The Kier molecular flexibility index (Phi) is 5.26. The number of carboxylic acids is 1. The monoisotopic (exact) mass is 273 g/mol. The molecular weight excluding hydrogens is 258 g/mol. The fraction of sp³-hybridized carbons (Fsp3) is 0.364. The molecule has 7 heteroatoms. The molecule has 6 nitrogen and oxygen atoms in total. The molecule has 3 N–H and O–H groups in total. The second kappa shape index (κ2) is 6.48. The second-order valence-electron chi connectivity index (χ2n) is 3.84. The number of sulfonamides is 1. The topological polar surface area (TPSA) is 104 Å². The van der Waals surface area contributed by atoms with Crippen LogP contribution in [0.2, 0.25) is 0 Å². The summed E-state index contributed by atoms with van der Waals surface area (Å²) in [6, 6.07) is 8.30. The zero-order chi connectivity index (χ0) is 13.6. The predicted molar refractivity (Wildman–Crippen MR) is 65.6 cm³/mol. The van der Waals surface area contributed by atoms with Gasteiger partial charge >= 0.3 is 5.97 Å². The van der Waals surface area contributed by atoms with Crippen LogP contribution in [0.25, 0.3) is 0 Å². The standard InChI is InChI=1S/C11H15NO5S/c13-7-10(6-9-4-2-1-3-5-9)12-18(16,17)8-11(14)15/h1-5,10,12-13H,6-8H2,(H,14,15)/t10-/m0/s1. The lowest BCUT2D eigenvalue weighted by molar-refractivity contribution is -0.134. The summed E-state index contributed by atoms with van der Waals surface area (Å²) in [5, 5.41) is 17.6. The summed E-state index contributed by atoms with van der Waals surface area (Å²) in [5.74, 6) is -2.43. The minimum absolute atomic E-state index is 0.302. The van der Waals surface area contributed by atoms with Gasteiger partial charge in [-0.05, 0) is 12.0 Å². The lowest BCUT2D eigenvalue weighted by Gasteiger charge is -2.15. The van der Waals surface area contributed by atoms with Crippen LogP contribution in [0, 0.1) is 0 Å². The molecule has 0 aliphatic heterocycles. The molecule has 0 radical (unpaired) electrons. The first-order valence-electron chi connectivity index (χ1n) is 5.29. The van der Waals surface area contributed by atoms with Crippen LogP contribution in [0.15, 0.2) is 30.3 Å². The van der Waals surface area contributed by atoms with Crippen molar-refractivity contribution in [1.29, 1.82) is 0 Å². The van der Waals surface area contributed by atoms with Gasteiger partial charge in [-0.3, -0.25) is 4.79 Å². The molecule has 0 bridgehead atoms. The Morgan fingerprint density at radius 3 is 2.39 bits per heavy atom. The molecule has 100 valence electrons. The van der Waals surface area contributed by atoms with E-state index in [-0.39, 0.29) is 0 Å². The Hall–Kier alpha value is -1.44. The molecule has 0 fully saturated rings. The molecule has 0 saturated carbocycles. The average molecular weight is 273 g/mol. The molecule has 18 heavy (non-hydrogen) atoms. The minimum Gasteiger partial charge on any atom is -0.480 e. The number of benzene rings is 1. The van der Waals surface area contributed by atoms with Crippen LogP contribution in [0.4, 0.5) is 0 Å². The maximum atomic E-state index is 11.4. The lowest BCUT2D eigenvalue weighted by atomic mass is 10.1.